The van der Waals surface area contributed by atoms with Gasteiger partial charge in [-0.15, -0.1) is 0 Å². The zero-order chi connectivity index (χ0) is 19.1. The van der Waals surface area contributed by atoms with Crippen molar-refractivity contribution < 1.29 is 4.79 Å². The Morgan fingerprint density at radius 3 is 2.79 bits per heavy atom. The van der Waals surface area contributed by atoms with Crippen LogP contribution < -0.4 is 0 Å². The SMILES string of the molecule is Cc1cccc2c(CCC(=O)N3[C@@H]4CC[C@@H]3C=C(c3ccccc3)C4)c[nH]c12. The lowest BCUT2D eigenvalue weighted by molar-refractivity contribution is -0.133. The van der Waals surface area contributed by atoms with Gasteiger partial charge in [-0.05, 0) is 54.9 Å². The van der Waals surface area contributed by atoms with Gasteiger partial charge in [0.25, 0.3) is 0 Å². The summed E-state index contributed by atoms with van der Waals surface area (Å²) in [6.45, 7) is 2.12. The third-order valence-electron chi connectivity index (χ3n) is 6.45. The van der Waals surface area contributed by atoms with E-state index >= 15 is 0 Å². The molecular formula is C25H26N2O. The van der Waals surface area contributed by atoms with Gasteiger partial charge >= 0.3 is 0 Å². The molecule has 3 heterocycles. The number of carbonyl (C=O) groups is 1. The second-order valence-corrected chi connectivity index (χ2v) is 8.17. The molecule has 2 aliphatic rings. The molecule has 2 aromatic carbocycles. The average Bonchev–Trinajstić information content (AvgIpc) is 3.26. The molecule has 3 heteroatoms. The number of rotatable bonds is 4. The third kappa shape index (κ3) is 2.95. The number of aryl methyl sites for hydroxylation is 2. The first-order chi connectivity index (χ1) is 13.7. The first-order valence-corrected chi connectivity index (χ1v) is 10.3. The molecule has 1 saturated heterocycles. The monoisotopic (exact) mass is 370 g/mol. The van der Waals surface area contributed by atoms with E-state index in [1.165, 1.54) is 33.2 Å². The van der Waals surface area contributed by atoms with Crippen molar-refractivity contribution in [2.24, 2.45) is 0 Å². The van der Waals surface area contributed by atoms with Gasteiger partial charge in [0.15, 0.2) is 0 Å². The van der Waals surface area contributed by atoms with E-state index in [9.17, 15) is 4.79 Å². The molecule has 2 aliphatic heterocycles. The van der Waals surface area contributed by atoms with Crippen LogP contribution in [0.5, 0.6) is 0 Å². The molecule has 28 heavy (non-hydrogen) atoms. The fraction of sp³-hybridized carbons (Fsp3) is 0.320. The summed E-state index contributed by atoms with van der Waals surface area (Å²) in [6.07, 6.45) is 9.00. The predicted octanol–water partition coefficient (Wildman–Crippen LogP) is 5.26. The Hall–Kier alpha value is -2.81. The Morgan fingerprint density at radius 2 is 1.96 bits per heavy atom. The van der Waals surface area contributed by atoms with Crippen LogP contribution in [0.15, 0.2) is 60.8 Å². The van der Waals surface area contributed by atoms with Gasteiger partial charge in [0.2, 0.25) is 5.91 Å². The fourth-order valence-electron chi connectivity index (χ4n) is 5.03. The van der Waals surface area contributed by atoms with Gasteiger partial charge < -0.3 is 9.88 Å². The molecular weight excluding hydrogens is 344 g/mol. The van der Waals surface area contributed by atoms with Crippen molar-refractivity contribution in [3.63, 3.8) is 0 Å². The first kappa shape index (κ1) is 17.3. The van der Waals surface area contributed by atoms with Crippen molar-refractivity contribution in [1.82, 2.24) is 9.88 Å². The van der Waals surface area contributed by atoms with Crippen LogP contribution in [0.1, 0.15) is 42.4 Å². The van der Waals surface area contributed by atoms with Gasteiger partial charge in [0, 0.05) is 29.6 Å². The molecule has 1 aromatic heterocycles. The normalized spacial score (nSPS) is 21.2. The van der Waals surface area contributed by atoms with Crippen LogP contribution in [0.3, 0.4) is 0 Å². The first-order valence-electron chi connectivity index (χ1n) is 10.3. The molecule has 0 radical (unpaired) electrons. The number of H-pyrrole nitrogens is 1. The minimum atomic E-state index is 0.270. The summed E-state index contributed by atoms with van der Waals surface area (Å²) < 4.78 is 0. The number of carbonyl (C=O) groups excluding carboxylic acids is 1. The summed E-state index contributed by atoms with van der Waals surface area (Å²) in [5.41, 5.74) is 6.41. The van der Waals surface area contributed by atoms with E-state index in [2.05, 4.69) is 77.6 Å². The van der Waals surface area contributed by atoms with E-state index in [0.29, 0.717) is 18.4 Å². The van der Waals surface area contributed by atoms with Crippen LogP contribution in [0.2, 0.25) is 0 Å². The van der Waals surface area contributed by atoms with E-state index in [0.717, 1.165) is 25.7 Å². The predicted molar refractivity (Wildman–Crippen MR) is 114 cm³/mol. The van der Waals surface area contributed by atoms with E-state index in [4.69, 9.17) is 0 Å². The number of aromatic amines is 1. The summed E-state index contributed by atoms with van der Waals surface area (Å²) in [6, 6.07) is 17.6. The number of hydrogen-bond donors (Lipinski definition) is 1. The van der Waals surface area contributed by atoms with Crippen LogP contribution in [0, 0.1) is 6.92 Å². The number of nitrogens with one attached hydrogen (secondary N) is 1. The molecule has 1 amide bonds. The van der Waals surface area contributed by atoms with Crippen molar-refractivity contribution in [1.29, 1.82) is 0 Å². The Bertz CT molecular complexity index is 1050. The zero-order valence-corrected chi connectivity index (χ0v) is 16.3. The van der Waals surface area contributed by atoms with Crippen molar-refractivity contribution in [3.05, 3.63) is 77.5 Å². The van der Waals surface area contributed by atoms with Crippen LogP contribution in [0.4, 0.5) is 0 Å². The highest BCUT2D eigenvalue weighted by atomic mass is 16.2. The quantitative estimate of drug-likeness (QED) is 0.668. The molecule has 2 atom stereocenters. The topological polar surface area (TPSA) is 36.1 Å². The minimum Gasteiger partial charge on any atom is -0.361 e. The maximum absolute atomic E-state index is 13.1. The molecule has 0 unspecified atom stereocenters. The number of benzene rings is 2. The molecule has 3 aromatic rings. The van der Waals surface area contributed by atoms with Gasteiger partial charge in [-0.2, -0.15) is 0 Å². The second-order valence-electron chi connectivity index (χ2n) is 8.17. The van der Waals surface area contributed by atoms with E-state index < -0.39 is 0 Å². The van der Waals surface area contributed by atoms with Crippen LogP contribution in [-0.4, -0.2) is 27.9 Å². The lowest BCUT2D eigenvalue weighted by Crippen LogP contribution is -2.43. The zero-order valence-electron chi connectivity index (χ0n) is 16.3. The lowest BCUT2D eigenvalue weighted by Gasteiger charge is -2.34. The molecule has 5 rings (SSSR count). The largest absolute Gasteiger partial charge is 0.361 e. The maximum Gasteiger partial charge on any atom is 0.223 e. The molecule has 1 N–H and O–H groups in total. The van der Waals surface area contributed by atoms with Gasteiger partial charge in [0.1, 0.15) is 0 Å². The molecule has 2 bridgehead atoms. The maximum atomic E-state index is 13.1. The summed E-state index contributed by atoms with van der Waals surface area (Å²) >= 11 is 0. The van der Waals surface area contributed by atoms with Crippen molar-refractivity contribution in [3.8, 4) is 0 Å². The highest BCUT2D eigenvalue weighted by Gasteiger charge is 2.39. The van der Waals surface area contributed by atoms with Gasteiger partial charge in [0.05, 0.1) is 6.04 Å². The number of fused-ring (bicyclic) bond motifs is 3. The molecule has 0 spiro atoms. The van der Waals surface area contributed by atoms with Gasteiger partial charge in [-0.3, -0.25) is 4.79 Å². The number of amides is 1. The van der Waals surface area contributed by atoms with Crippen molar-refractivity contribution in [2.75, 3.05) is 0 Å². The Kier molecular flexibility index (Phi) is 4.31. The number of para-hydroxylation sites is 1. The summed E-state index contributed by atoms with van der Waals surface area (Å²) in [7, 11) is 0. The molecule has 0 aliphatic carbocycles. The standard InChI is InChI=1S/C25H26N2O/c1-17-6-5-9-23-19(16-26-25(17)23)10-13-24(28)27-21-11-12-22(27)15-20(14-21)18-7-3-2-4-8-18/h2-9,14,16,21-22,26H,10-13,15H2,1H3/t21-,22-/m1/s1. The molecule has 1 fully saturated rings. The third-order valence-corrected chi connectivity index (χ3v) is 6.45. The number of hydrogen-bond acceptors (Lipinski definition) is 1. The summed E-state index contributed by atoms with van der Waals surface area (Å²) in [5, 5.41) is 1.25. The van der Waals surface area contributed by atoms with E-state index in [-0.39, 0.29) is 6.04 Å². The highest BCUT2D eigenvalue weighted by Crippen LogP contribution is 2.39. The second kappa shape index (κ2) is 6.97. The van der Waals surface area contributed by atoms with Crippen molar-refractivity contribution >= 4 is 22.4 Å². The van der Waals surface area contributed by atoms with Gasteiger partial charge in [-0.1, -0.05) is 54.6 Å². The van der Waals surface area contributed by atoms with Crippen LogP contribution in [0.25, 0.3) is 16.5 Å². The fourth-order valence-corrected chi connectivity index (χ4v) is 5.03. The number of nitrogens with zero attached hydrogens (tertiary/aromatic N) is 1. The lowest BCUT2D eigenvalue weighted by atomic mass is 9.94. The van der Waals surface area contributed by atoms with E-state index in [1.807, 2.05) is 0 Å². The molecule has 142 valence electrons. The minimum absolute atomic E-state index is 0.270. The van der Waals surface area contributed by atoms with Crippen LogP contribution in [-0.2, 0) is 11.2 Å². The Morgan fingerprint density at radius 1 is 1.11 bits per heavy atom. The summed E-state index contributed by atoms with van der Waals surface area (Å²) in [5.74, 6) is 0.304. The molecule has 0 saturated carbocycles. The Balaban J connectivity index is 1.31. The average molecular weight is 370 g/mol. The van der Waals surface area contributed by atoms with Crippen LogP contribution >= 0.6 is 0 Å². The Labute approximate surface area is 166 Å². The van der Waals surface area contributed by atoms with E-state index in [1.54, 1.807) is 0 Å². The van der Waals surface area contributed by atoms with Crippen molar-refractivity contribution in [2.45, 2.75) is 51.1 Å². The number of aromatic nitrogens is 1. The smallest absolute Gasteiger partial charge is 0.223 e. The highest BCUT2D eigenvalue weighted by molar-refractivity contribution is 5.87. The molecule has 3 nitrogen and oxygen atoms in total. The summed E-state index contributed by atoms with van der Waals surface area (Å²) in [4.78, 5) is 18.6. The van der Waals surface area contributed by atoms with Gasteiger partial charge in [-0.25, -0.2) is 0 Å².